The van der Waals surface area contributed by atoms with Crippen LogP contribution in [-0.4, -0.2) is 23.1 Å². The Bertz CT molecular complexity index is 662. The number of nitrogens with two attached hydrogens (primary N) is 1. The standard InChI is InChI=1S/C14H14ClN3O3/c1-20-8-9-3-2-4-10(7-9)21-14-12(15)11(5-6-17-14)13(16)18-19/h2-7,19H,8H2,1H3,(H2,16,18). The molecule has 0 saturated carbocycles. The molecular formula is C14H14ClN3O3. The first-order chi connectivity index (χ1) is 10.2. The van der Waals surface area contributed by atoms with E-state index in [1.165, 1.54) is 12.3 Å². The van der Waals surface area contributed by atoms with E-state index in [-0.39, 0.29) is 16.7 Å². The third kappa shape index (κ3) is 3.62. The molecule has 2 aromatic rings. The molecule has 2 rings (SSSR count). The summed E-state index contributed by atoms with van der Waals surface area (Å²) >= 11 is 6.15. The minimum Gasteiger partial charge on any atom is -0.438 e. The zero-order valence-corrected chi connectivity index (χ0v) is 12.0. The highest BCUT2D eigenvalue weighted by atomic mass is 35.5. The predicted octanol–water partition coefficient (Wildman–Crippen LogP) is 2.77. The number of benzene rings is 1. The van der Waals surface area contributed by atoms with Crippen LogP contribution in [-0.2, 0) is 11.3 Å². The van der Waals surface area contributed by atoms with Crippen LogP contribution in [0.15, 0.2) is 41.7 Å². The maximum absolute atomic E-state index is 8.72. The van der Waals surface area contributed by atoms with Crippen molar-refractivity contribution in [3.05, 3.63) is 52.7 Å². The average molecular weight is 308 g/mol. The number of amidine groups is 1. The second-order valence-electron chi connectivity index (χ2n) is 4.15. The van der Waals surface area contributed by atoms with E-state index < -0.39 is 0 Å². The lowest BCUT2D eigenvalue weighted by Crippen LogP contribution is -2.14. The van der Waals surface area contributed by atoms with Gasteiger partial charge in [0.25, 0.3) is 0 Å². The lowest BCUT2D eigenvalue weighted by molar-refractivity contribution is 0.184. The van der Waals surface area contributed by atoms with Gasteiger partial charge in [0.2, 0.25) is 5.88 Å². The number of hydrogen-bond donors (Lipinski definition) is 2. The largest absolute Gasteiger partial charge is 0.438 e. The fraction of sp³-hybridized carbons (Fsp3) is 0.143. The maximum atomic E-state index is 8.72. The molecule has 1 aromatic carbocycles. The van der Waals surface area contributed by atoms with Crippen molar-refractivity contribution in [2.45, 2.75) is 6.61 Å². The minimum absolute atomic E-state index is 0.111. The van der Waals surface area contributed by atoms with Crippen molar-refractivity contribution in [3.63, 3.8) is 0 Å². The molecule has 1 heterocycles. The van der Waals surface area contributed by atoms with E-state index in [0.29, 0.717) is 17.9 Å². The van der Waals surface area contributed by atoms with Crippen LogP contribution in [0, 0.1) is 0 Å². The SMILES string of the molecule is COCc1cccc(Oc2nccc(/C(N)=N/O)c2Cl)c1. The van der Waals surface area contributed by atoms with E-state index >= 15 is 0 Å². The molecule has 0 spiro atoms. The Morgan fingerprint density at radius 2 is 2.24 bits per heavy atom. The van der Waals surface area contributed by atoms with Crippen LogP contribution in [0.2, 0.25) is 5.02 Å². The number of ether oxygens (including phenoxy) is 2. The maximum Gasteiger partial charge on any atom is 0.238 e. The van der Waals surface area contributed by atoms with Crippen molar-refractivity contribution in [2.75, 3.05) is 7.11 Å². The Morgan fingerprint density at radius 3 is 2.95 bits per heavy atom. The van der Waals surface area contributed by atoms with Gasteiger partial charge in [0, 0.05) is 18.9 Å². The summed E-state index contributed by atoms with van der Waals surface area (Å²) < 4.78 is 10.7. The molecular weight excluding hydrogens is 294 g/mol. The fourth-order valence-electron chi connectivity index (χ4n) is 1.72. The first-order valence-corrected chi connectivity index (χ1v) is 6.41. The van der Waals surface area contributed by atoms with E-state index in [1.807, 2.05) is 18.2 Å². The Balaban J connectivity index is 2.30. The lowest BCUT2D eigenvalue weighted by atomic mass is 10.2. The van der Waals surface area contributed by atoms with Gasteiger partial charge in [-0.3, -0.25) is 0 Å². The van der Waals surface area contributed by atoms with Crippen LogP contribution in [0.3, 0.4) is 0 Å². The highest BCUT2D eigenvalue weighted by molar-refractivity contribution is 6.35. The molecule has 0 atom stereocenters. The molecule has 0 fully saturated rings. The Hall–Kier alpha value is -2.31. The van der Waals surface area contributed by atoms with Gasteiger partial charge in [-0.15, -0.1) is 0 Å². The summed E-state index contributed by atoms with van der Waals surface area (Å²) in [5, 5.41) is 11.8. The molecule has 0 aliphatic heterocycles. The summed E-state index contributed by atoms with van der Waals surface area (Å²) in [5.74, 6) is 0.631. The Morgan fingerprint density at radius 1 is 1.43 bits per heavy atom. The van der Waals surface area contributed by atoms with E-state index in [0.717, 1.165) is 5.56 Å². The molecule has 0 saturated heterocycles. The van der Waals surface area contributed by atoms with Crippen molar-refractivity contribution in [1.29, 1.82) is 0 Å². The first-order valence-electron chi connectivity index (χ1n) is 6.04. The smallest absolute Gasteiger partial charge is 0.238 e. The fourth-order valence-corrected chi connectivity index (χ4v) is 1.97. The molecule has 0 aliphatic carbocycles. The summed E-state index contributed by atoms with van der Waals surface area (Å²) in [4.78, 5) is 4.05. The van der Waals surface area contributed by atoms with E-state index in [1.54, 1.807) is 13.2 Å². The van der Waals surface area contributed by atoms with Gasteiger partial charge < -0.3 is 20.4 Å². The van der Waals surface area contributed by atoms with Gasteiger partial charge in [-0.25, -0.2) is 4.98 Å². The highest BCUT2D eigenvalue weighted by Gasteiger charge is 2.13. The molecule has 7 heteroatoms. The van der Waals surface area contributed by atoms with E-state index in [2.05, 4.69) is 10.1 Å². The minimum atomic E-state index is -0.111. The summed E-state index contributed by atoms with van der Waals surface area (Å²) in [5.41, 5.74) is 6.84. The van der Waals surface area contributed by atoms with Crippen molar-refractivity contribution in [3.8, 4) is 11.6 Å². The third-order valence-corrected chi connectivity index (χ3v) is 3.03. The average Bonchev–Trinajstić information content (AvgIpc) is 2.49. The molecule has 0 unspecified atom stereocenters. The number of methoxy groups -OCH3 is 1. The molecule has 0 aliphatic rings. The number of rotatable bonds is 5. The van der Waals surface area contributed by atoms with Gasteiger partial charge in [0.15, 0.2) is 5.84 Å². The van der Waals surface area contributed by atoms with Crippen LogP contribution in [0.4, 0.5) is 0 Å². The van der Waals surface area contributed by atoms with Crippen LogP contribution in [0.5, 0.6) is 11.6 Å². The molecule has 1 aromatic heterocycles. The van der Waals surface area contributed by atoms with E-state index in [9.17, 15) is 0 Å². The third-order valence-electron chi connectivity index (χ3n) is 2.66. The van der Waals surface area contributed by atoms with Gasteiger partial charge in [0.05, 0.1) is 6.61 Å². The van der Waals surface area contributed by atoms with Gasteiger partial charge >= 0.3 is 0 Å². The Labute approximate surface area is 126 Å². The number of nitrogens with zero attached hydrogens (tertiary/aromatic N) is 2. The molecule has 3 N–H and O–H groups in total. The second-order valence-corrected chi connectivity index (χ2v) is 4.52. The normalized spacial score (nSPS) is 11.4. The van der Waals surface area contributed by atoms with Crippen LogP contribution >= 0.6 is 11.6 Å². The summed E-state index contributed by atoms with van der Waals surface area (Å²) in [6.07, 6.45) is 1.47. The number of halogens is 1. The topological polar surface area (TPSA) is 90.0 Å². The van der Waals surface area contributed by atoms with Crippen molar-refractivity contribution >= 4 is 17.4 Å². The van der Waals surface area contributed by atoms with Crippen LogP contribution < -0.4 is 10.5 Å². The number of hydrogen-bond acceptors (Lipinski definition) is 5. The highest BCUT2D eigenvalue weighted by Crippen LogP contribution is 2.30. The predicted molar refractivity (Wildman–Crippen MR) is 79.0 cm³/mol. The van der Waals surface area contributed by atoms with Gasteiger partial charge in [-0.05, 0) is 23.8 Å². The van der Waals surface area contributed by atoms with Crippen molar-refractivity contribution in [1.82, 2.24) is 4.98 Å². The molecule has 0 radical (unpaired) electrons. The zero-order chi connectivity index (χ0) is 15.2. The monoisotopic (exact) mass is 307 g/mol. The van der Waals surface area contributed by atoms with Crippen molar-refractivity contribution < 1.29 is 14.7 Å². The molecule has 110 valence electrons. The Kier molecular flexibility index (Phi) is 4.97. The summed E-state index contributed by atoms with van der Waals surface area (Å²) in [6, 6.07) is 8.87. The van der Waals surface area contributed by atoms with E-state index in [4.69, 9.17) is 32.0 Å². The second kappa shape index (κ2) is 6.92. The molecule has 21 heavy (non-hydrogen) atoms. The van der Waals surface area contributed by atoms with Crippen LogP contribution in [0.1, 0.15) is 11.1 Å². The van der Waals surface area contributed by atoms with Gasteiger partial charge in [-0.1, -0.05) is 28.9 Å². The number of oxime groups is 1. The first kappa shape index (κ1) is 15.1. The summed E-state index contributed by atoms with van der Waals surface area (Å²) in [6.45, 7) is 0.475. The summed E-state index contributed by atoms with van der Waals surface area (Å²) in [7, 11) is 1.62. The molecule has 6 nitrogen and oxygen atoms in total. The van der Waals surface area contributed by atoms with Gasteiger partial charge in [-0.2, -0.15) is 0 Å². The van der Waals surface area contributed by atoms with Crippen LogP contribution in [0.25, 0.3) is 0 Å². The zero-order valence-electron chi connectivity index (χ0n) is 11.3. The number of aromatic nitrogens is 1. The van der Waals surface area contributed by atoms with Gasteiger partial charge in [0.1, 0.15) is 10.8 Å². The lowest BCUT2D eigenvalue weighted by Gasteiger charge is -2.10. The molecule has 0 bridgehead atoms. The quantitative estimate of drug-likeness (QED) is 0.384. The number of pyridine rings is 1. The molecule has 0 amide bonds. The van der Waals surface area contributed by atoms with Crippen molar-refractivity contribution in [2.24, 2.45) is 10.9 Å².